The molecule has 2 heterocycles. The number of ether oxygens (including phenoxy) is 1. The molecule has 1 aliphatic heterocycles. The first kappa shape index (κ1) is 18.2. The summed E-state index contributed by atoms with van der Waals surface area (Å²) in [5.41, 5.74) is 1.39. The van der Waals surface area contributed by atoms with Gasteiger partial charge in [-0.2, -0.15) is 0 Å². The van der Waals surface area contributed by atoms with E-state index in [9.17, 15) is 9.59 Å². The second kappa shape index (κ2) is 6.44. The molecule has 1 aliphatic carbocycles. The van der Waals surface area contributed by atoms with Crippen molar-refractivity contribution in [2.75, 3.05) is 20.2 Å². The molecule has 1 aromatic heterocycles. The Kier molecular flexibility index (Phi) is 4.34. The van der Waals surface area contributed by atoms with Crippen molar-refractivity contribution in [3.8, 4) is 10.6 Å². The highest BCUT2D eigenvalue weighted by molar-refractivity contribution is 7.13. The monoisotopic (exact) mass is 384 g/mol. The number of hydrogen-bond donors (Lipinski definition) is 0. The predicted molar refractivity (Wildman–Crippen MR) is 104 cm³/mol. The number of nitrogens with zero attached hydrogens (tertiary/aromatic N) is 2. The van der Waals surface area contributed by atoms with Gasteiger partial charge in [-0.05, 0) is 17.8 Å². The molecule has 2 atom stereocenters. The van der Waals surface area contributed by atoms with Gasteiger partial charge in [0, 0.05) is 24.0 Å². The fourth-order valence-electron chi connectivity index (χ4n) is 4.93. The van der Waals surface area contributed by atoms with Gasteiger partial charge in [0.25, 0.3) is 0 Å². The molecule has 1 saturated carbocycles. The number of esters is 1. The van der Waals surface area contributed by atoms with Gasteiger partial charge in [0.05, 0.1) is 24.6 Å². The van der Waals surface area contributed by atoms with Crippen LogP contribution in [-0.2, 0) is 20.7 Å². The number of rotatable bonds is 4. The van der Waals surface area contributed by atoms with Crippen LogP contribution in [0.5, 0.6) is 0 Å². The summed E-state index contributed by atoms with van der Waals surface area (Å²) in [5.74, 6) is 0.0206. The molecule has 0 N–H and O–H groups in total. The molecule has 6 heteroatoms. The van der Waals surface area contributed by atoms with Gasteiger partial charge in [-0.15, -0.1) is 11.3 Å². The van der Waals surface area contributed by atoms with Crippen LogP contribution in [0.4, 0.5) is 0 Å². The summed E-state index contributed by atoms with van der Waals surface area (Å²) in [5, 5.41) is 2.87. The Balaban J connectivity index is 1.47. The van der Waals surface area contributed by atoms with E-state index in [1.807, 2.05) is 40.6 Å². The quantitative estimate of drug-likeness (QED) is 0.758. The first-order valence-electron chi connectivity index (χ1n) is 9.22. The predicted octanol–water partition coefficient (Wildman–Crippen LogP) is 3.40. The van der Waals surface area contributed by atoms with Gasteiger partial charge >= 0.3 is 5.97 Å². The van der Waals surface area contributed by atoms with Crippen LogP contribution in [0.25, 0.3) is 10.6 Å². The number of aromatic nitrogens is 1. The number of fused-ring (bicyclic) bond motifs is 1. The van der Waals surface area contributed by atoms with E-state index in [2.05, 4.69) is 18.8 Å². The normalized spacial score (nSPS) is 25.6. The van der Waals surface area contributed by atoms with E-state index in [1.54, 1.807) is 11.3 Å². The van der Waals surface area contributed by atoms with Crippen molar-refractivity contribution in [1.82, 2.24) is 9.88 Å². The Bertz CT molecular complexity index is 877. The largest absolute Gasteiger partial charge is 0.469 e. The summed E-state index contributed by atoms with van der Waals surface area (Å²) in [7, 11) is 1.43. The average Bonchev–Trinajstić information content (AvgIpc) is 3.25. The van der Waals surface area contributed by atoms with Crippen LogP contribution >= 0.6 is 11.3 Å². The zero-order valence-electron chi connectivity index (χ0n) is 15.9. The molecule has 5 nitrogen and oxygen atoms in total. The number of amides is 1. The van der Waals surface area contributed by atoms with Crippen molar-refractivity contribution in [1.29, 1.82) is 0 Å². The lowest BCUT2D eigenvalue weighted by atomic mass is 9.48. The zero-order valence-corrected chi connectivity index (χ0v) is 16.7. The molecule has 2 aromatic rings. The lowest BCUT2D eigenvalue weighted by Crippen LogP contribution is -2.57. The summed E-state index contributed by atoms with van der Waals surface area (Å²) in [6, 6.07) is 9.97. The first-order chi connectivity index (χ1) is 12.9. The number of thiazole rings is 1. The standard InChI is InChI=1S/C21H24N2O3S/c1-20(2)12-21(19(25)26-3)13-23(10-16(20)21)17(24)9-15-11-27-18(22-15)14-7-5-4-6-8-14/h4-8,11,16H,9-10,12-13H2,1-3H3/t16-,21+/m1/s1. The van der Waals surface area contributed by atoms with Crippen LogP contribution in [0.2, 0.25) is 0 Å². The van der Waals surface area contributed by atoms with E-state index in [1.165, 1.54) is 7.11 Å². The Labute approximate surface area is 163 Å². The highest BCUT2D eigenvalue weighted by Crippen LogP contribution is 2.63. The topological polar surface area (TPSA) is 59.5 Å². The van der Waals surface area contributed by atoms with Crippen LogP contribution < -0.4 is 0 Å². The minimum atomic E-state index is -0.523. The average molecular weight is 385 g/mol. The lowest BCUT2D eigenvalue weighted by Gasteiger charge is -2.54. The van der Waals surface area contributed by atoms with Gasteiger partial charge in [0.15, 0.2) is 0 Å². The smallest absolute Gasteiger partial charge is 0.314 e. The van der Waals surface area contributed by atoms with Crippen LogP contribution in [-0.4, -0.2) is 42.0 Å². The Morgan fingerprint density at radius 2 is 2.04 bits per heavy atom. The molecular weight excluding hydrogens is 360 g/mol. The minimum Gasteiger partial charge on any atom is -0.469 e. The summed E-state index contributed by atoms with van der Waals surface area (Å²) in [6.07, 6.45) is 1.05. The zero-order chi connectivity index (χ0) is 19.2. The Morgan fingerprint density at radius 1 is 1.30 bits per heavy atom. The molecule has 1 amide bonds. The van der Waals surface area contributed by atoms with Gasteiger partial charge in [0.2, 0.25) is 5.91 Å². The number of carbonyl (C=O) groups is 2. The van der Waals surface area contributed by atoms with Crippen molar-refractivity contribution in [2.45, 2.75) is 26.7 Å². The van der Waals surface area contributed by atoms with Crippen LogP contribution in [0.1, 0.15) is 26.0 Å². The van der Waals surface area contributed by atoms with Gasteiger partial charge in [0.1, 0.15) is 5.01 Å². The van der Waals surface area contributed by atoms with Gasteiger partial charge in [-0.3, -0.25) is 9.59 Å². The summed E-state index contributed by atoms with van der Waals surface area (Å²) in [4.78, 5) is 31.7. The maximum Gasteiger partial charge on any atom is 0.314 e. The first-order valence-corrected chi connectivity index (χ1v) is 10.1. The number of methoxy groups -OCH3 is 1. The minimum absolute atomic E-state index is 0.0355. The molecule has 2 fully saturated rings. The maximum atomic E-state index is 12.9. The summed E-state index contributed by atoms with van der Waals surface area (Å²) in [6.45, 7) is 5.41. The number of carbonyl (C=O) groups excluding carboxylic acids is 2. The molecule has 0 radical (unpaired) electrons. The van der Waals surface area contributed by atoms with Gasteiger partial charge in [-0.25, -0.2) is 4.98 Å². The van der Waals surface area contributed by atoms with Crippen LogP contribution in [0.15, 0.2) is 35.7 Å². The summed E-state index contributed by atoms with van der Waals surface area (Å²) < 4.78 is 5.06. The molecule has 2 aliphatic rings. The van der Waals surface area contributed by atoms with Crippen molar-refractivity contribution < 1.29 is 14.3 Å². The third-order valence-electron chi connectivity index (χ3n) is 6.11. The highest BCUT2D eigenvalue weighted by atomic mass is 32.1. The van der Waals surface area contributed by atoms with Gasteiger partial charge < -0.3 is 9.64 Å². The number of hydrogen-bond acceptors (Lipinski definition) is 5. The molecule has 1 aromatic carbocycles. The van der Waals surface area contributed by atoms with Crippen molar-refractivity contribution in [2.24, 2.45) is 16.7 Å². The van der Waals surface area contributed by atoms with Crippen molar-refractivity contribution in [3.05, 3.63) is 41.4 Å². The van der Waals surface area contributed by atoms with Gasteiger partial charge in [-0.1, -0.05) is 44.2 Å². The van der Waals surface area contributed by atoms with E-state index in [0.29, 0.717) is 13.1 Å². The number of benzene rings is 1. The van der Waals surface area contributed by atoms with Crippen LogP contribution in [0.3, 0.4) is 0 Å². The third-order valence-corrected chi connectivity index (χ3v) is 7.05. The second-order valence-corrected chi connectivity index (χ2v) is 9.18. The molecule has 0 bridgehead atoms. The van der Waals surface area contributed by atoms with Crippen molar-refractivity contribution >= 4 is 23.2 Å². The fraction of sp³-hybridized carbons (Fsp3) is 0.476. The molecule has 4 rings (SSSR count). The maximum absolute atomic E-state index is 12.9. The number of likely N-dealkylation sites (tertiary alicyclic amines) is 1. The molecule has 27 heavy (non-hydrogen) atoms. The third kappa shape index (κ3) is 2.96. The molecule has 0 unspecified atom stereocenters. The van der Waals surface area contributed by atoms with E-state index in [-0.39, 0.29) is 29.6 Å². The fourth-order valence-corrected chi connectivity index (χ4v) is 5.76. The van der Waals surface area contributed by atoms with Crippen LogP contribution in [0, 0.1) is 16.7 Å². The SMILES string of the molecule is COC(=O)[C@@]12CN(C(=O)Cc3csc(-c4ccccc4)n3)C[C@@H]1C(C)(C)C2. The lowest BCUT2D eigenvalue weighted by molar-refractivity contribution is -0.174. The molecule has 0 spiro atoms. The van der Waals surface area contributed by atoms with E-state index >= 15 is 0 Å². The van der Waals surface area contributed by atoms with E-state index in [4.69, 9.17) is 4.74 Å². The Hall–Kier alpha value is -2.21. The molecule has 142 valence electrons. The summed E-state index contributed by atoms with van der Waals surface area (Å²) >= 11 is 1.55. The Morgan fingerprint density at radius 3 is 2.70 bits per heavy atom. The molecular formula is C21H24N2O3S. The van der Waals surface area contributed by atoms with E-state index < -0.39 is 5.41 Å². The highest BCUT2D eigenvalue weighted by Gasteiger charge is 2.67. The second-order valence-electron chi connectivity index (χ2n) is 8.33. The van der Waals surface area contributed by atoms with Crippen molar-refractivity contribution in [3.63, 3.8) is 0 Å². The van der Waals surface area contributed by atoms with E-state index in [0.717, 1.165) is 22.7 Å². The molecule has 1 saturated heterocycles.